The fourth-order valence-electron chi connectivity index (χ4n) is 2.33. The van der Waals surface area contributed by atoms with E-state index in [1.54, 1.807) is 11.3 Å². The lowest BCUT2D eigenvalue weighted by Crippen LogP contribution is -2.45. The van der Waals surface area contributed by atoms with Crippen molar-refractivity contribution < 1.29 is 0 Å². The molecule has 0 aromatic carbocycles. The minimum atomic E-state index is 0.613. The first-order valence-electron chi connectivity index (χ1n) is 6.21. The van der Waals surface area contributed by atoms with Gasteiger partial charge < -0.3 is 15.1 Å². The fourth-order valence-corrected chi connectivity index (χ4v) is 3.28. The standard InChI is InChI=1S/C12H22N4S/c1-13-7-11-8-14-12(17-11)16(3)10-5-4-6-15(2)9-10/h8,10,13H,4-7,9H2,1-3H3. The lowest BCUT2D eigenvalue weighted by Gasteiger charge is -2.35. The Labute approximate surface area is 108 Å². The molecule has 2 rings (SSSR count). The van der Waals surface area contributed by atoms with Gasteiger partial charge in [0.05, 0.1) is 0 Å². The number of thiazole rings is 1. The Morgan fingerprint density at radius 1 is 1.65 bits per heavy atom. The number of likely N-dealkylation sites (tertiary alicyclic amines) is 1. The molecule has 4 nitrogen and oxygen atoms in total. The maximum absolute atomic E-state index is 4.52. The van der Waals surface area contributed by atoms with E-state index in [4.69, 9.17) is 0 Å². The largest absolute Gasteiger partial charge is 0.347 e. The molecule has 0 aliphatic carbocycles. The van der Waals surface area contributed by atoms with Gasteiger partial charge in [-0.2, -0.15) is 0 Å². The van der Waals surface area contributed by atoms with Crippen LogP contribution in [0.15, 0.2) is 6.20 Å². The average molecular weight is 254 g/mol. The molecule has 1 saturated heterocycles. The normalized spacial score (nSPS) is 21.7. The molecule has 2 heterocycles. The molecule has 1 fully saturated rings. The van der Waals surface area contributed by atoms with Crippen LogP contribution in [0.25, 0.3) is 0 Å². The zero-order valence-electron chi connectivity index (χ0n) is 10.9. The number of nitrogens with zero attached hydrogens (tertiary/aromatic N) is 3. The molecule has 0 bridgehead atoms. The van der Waals surface area contributed by atoms with Crippen LogP contribution in [0.5, 0.6) is 0 Å². The number of anilines is 1. The Hall–Kier alpha value is -0.650. The number of rotatable bonds is 4. The van der Waals surface area contributed by atoms with Gasteiger partial charge in [-0.25, -0.2) is 4.98 Å². The van der Waals surface area contributed by atoms with Crippen molar-refractivity contribution in [3.8, 4) is 0 Å². The molecular formula is C12H22N4S. The Kier molecular flexibility index (Phi) is 4.36. The zero-order valence-corrected chi connectivity index (χ0v) is 11.8. The lowest BCUT2D eigenvalue weighted by molar-refractivity contribution is 0.248. The van der Waals surface area contributed by atoms with Crippen LogP contribution >= 0.6 is 11.3 Å². The highest BCUT2D eigenvalue weighted by Gasteiger charge is 2.22. The first kappa shape index (κ1) is 12.8. The van der Waals surface area contributed by atoms with Crippen molar-refractivity contribution in [2.45, 2.75) is 25.4 Å². The van der Waals surface area contributed by atoms with Gasteiger partial charge in [0.25, 0.3) is 0 Å². The highest BCUT2D eigenvalue weighted by molar-refractivity contribution is 7.15. The second kappa shape index (κ2) is 5.80. The quantitative estimate of drug-likeness (QED) is 0.880. The molecule has 0 saturated carbocycles. The summed E-state index contributed by atoms with van der Waals surface area (Å²) in [5.74, 6) is 0. The van der Waals surface area contributed by atoms with Crippen molar-refractivity contribution in [3.05, 3.63) is 11.1 Å². The predicted molar refractivity (Wildman–Crippen MR) is 73.8 cm³/mol. The first-order valence-corrected chi connectivity index (χ1v) is 7.03. The number of likely N-dealkylation sites (N-methyl/N-ethyl adjacent to an activating group) is 2. The van der Waals surface area contributed by atoms with Crippen LogP contribution in [0.4, 0.5) is 5.13 Å². The third-order valence-electron chi connectivity index (χ3n) is 3.34. The van der Waals surface area contributed by atoms with Crippen LogP contribution in [0.1, 0.15) is 17.7 Å². The lowest BCUT2D eigenvalue weighted by atomic mass is 10.1. The Morgan fingerprint density at radius 3 is 3.18 bits per heavy atom. The molecule has 1 unspecified atom stereocenters. The maximum atomic E-state index is 4.52. The number of hydrogen-bond acceptors (Lipinski definition) is 5. The molecule has 1 aromatic rings. The van der Waals surface area contributed by atoms with Gasteiger partial charge in [-0.1, -0.05) is 0 Å². The van der Waals surface area contributed by atoms with E-state index in [2.05, 4.69) is 34.2 Å². The second-order valence-corrected chi connectivity index (χ2v) is 5.90. The number of piperidine rings is 1. The van der Waals surface area contributed by atoms with E-state index in [1.165, 1.54) is 24.3 Å². The summed E-state index contributed by atoms with van der Waals surface area (Å²) in [6, 6.07) is 0.613. The molecule has 1 atom stereocenters. The van der Waals surface area contributed by atoms with E-state index in [1.807, 2.05) is 13.2 Å². The summed E-state index contributed by atoms with van der Waals surface area (Å²) in [6.45, 7) is 3.29. The van der Waals surface area contributed by atoms with E-state index in [9.17, 15) is 0 Å². The molecule has 1 aliphatic heterocycles. The molecule has 0 amide bonds. The molecule has 0 spiro atoms. The van der Waals surface area contributed by atoms with Crippen molar-refractivity contribution >= 4 is 16.5 Å². The topological polar surface area (TPSA) is 31.4 Å². The molecular weight excluding hydrogens is 232 g/mol. The fraction of sp³-hybridized carbons (Fsp3) is 0.750. The van der Waals surface area contributed by atoms with E-state index in [-0.39, 0.29) is 0 Å². The number of nitrogens with one attached hydrogen (secondary N) is 1. The monoisotopic (exact) mass is 254 g/mol. The van der Waals surface area contributed by atoms with Crippen LogP contribution < -0.4 is 10.2 Å². The molecule has 1 aromatic heterocycles. The third kappa shape index (κ3) is 3.18. The molecule has 5 heteroatoms. The van der Waals surface area contributed by atoms with Crippen LogP contribution in [0.2, 0.25) is 0 Å². The molecule has 17 heavy (non-hydrogen) atoms. The maximum Gasteiger partial charge on any atom is 0.185 e. The summed E-state index contributed by atoms with van der Waals surface area (Å²) in [6.07, 6.45) is 4.56. The van der Waals surface area contributed by atoms with Gasteiger partial charge in [0.15, 0.2) is 5.13 Å². The summed E-state index contributed by atoms with van der Waals surface area (Å²) in [4.78, 5) is 10.6. The van der Waals surface area contributed by atoms with Gasteiger partial charge in [-0.15, -0.1) is 11.3 Å². The molecule has 1 aliphatic rings. The van der Waals surface area contributed by atoms with Gasteiger partial charge >= 0.3 is 0 Å². The van der Waals surface area contributed by atoms with Crippen molar-refractivity contribution in [1.29, 1.82) is 0 Å². The van der Waals surface area contributed by atoms with Gasteiger partial charge in [-0.3, -0.25) is 0 Å². The van der Waals surface area contributed by atoms with Crippen molar-refractivity contribution in [3.63, 3.8) is 0 Å². The molecule has 1 N–H and O–H groups in total. The average Bonchev–Trinajstić information content (AvgIpc) is 2.77. The molecule has 96 valence electrons. The van der Waals surface area contributed by atoms with Crippen molar-refractivity contribution in [2.24, 2.45) is 0 Å². The summed E-state index contributed by atoms with van der Waals surface area (Å²) in [7, 11) is 6.35. The first-order chi connectivity index (χ1) is 8.20. The number of aromatic nitrogens is 1. The molecule has 0 radical (unpaired) electrons. The van der Waals surface area contributed by atoms with Crippen LogP contribution in [0.3, 0.4) is 0 Å². The summed E-state index contributed by atoms with van der Waals surface area (Å²) in [5, 5.41) is 4.32. The van der Waals surface area contributed by atoms with E-state index in [0.717, 1.165) is 18.2 Å². The van der Waals surface area contributed by atoms with E-state index < -0.39 is 0 Å². The summed E-state index contributed by atoms with van der Waals surface area (Å²) < 4.78 is 0. The minimum absolute atomic E-state index is 0.613. The second-order valence-electron chi connectivity index (χ2n) is 4.81. The SMILES string of the molecule is CNCc1cnc(N(C)C2CCCN(C)C2)s1. The van der Waals surface area contributed by atoms with Gasteiger partial charge in [0.1, 0.15) is 0 Å². The third-order valence-corrected chi connectivity index (χ3v) is 4.43. The Morgan fingerprint density at radius 2 is 2.47 bits per heavy atom. The predicted octanol–water partition coefficient (Wildman–Crippen LogP) is 1.39. The Balaban J connectivity index is 1.99. The van der Waals surface area contributed by atoms with Gasteiger partial charge in [0, 0.05) is 37.3 Å². The number of hydrogen-bond donors (Lipinski definition) is 1. The van der Waals surface area contributed by atoms with Crippen molar-refractivity contribution in [2.75, 3.05) is 39.1 Å². The van der Waals surface area contributed by atoms with Crippen LogP contribution in [0, 0.1) is 0 Å². The smallest absolute Gasteiger partial charge is 0.185 e. The highest BCUT2D eigenvalue weighted by atomic mass is 32.1. The van der Waals surface area contributed by atoms with E-state index in [0.29, 0.717) is 6.04 Å². The minimum Gasteiger partial charge on any atom is -0.347 e. The summed E-state index contributed by atoms with van der Waals surface area (Å²) >= 11 is 1.79. The van der Waals surface area contributed by atoms with E-state index >= 15 is 0 Å². The van der Waals surface area contributed by atoms with Crippen LogP contribution in [-0.4, -0.2) is 50.2 Å². The van der Waals surface area contributed by atoms with Gasteiger partial charge in [-0.05, 0) is 33.5 Å². The highest BCUT2D eigenvalue weighted by Crippen LogP contribution is 2.25. The Bertz CT molecular complexity index is 352. The zero-order chi connectivity index (χ0) is 12.3. The van der Waals surface area contributed by atoms with Crippen LogP contribution in [-0.2, 0) is 6.54 Å². The summed E-state index contributed by atoms with van der Waals surface area (Å²) in [5.41, 5.74) is 0. The van der Waals surface area contributed by atoms with Crippen molar-refractivity contribution in [1.82, 2.24) is 15.2 Å². The van der Waals surface area contributed by atoms with Gasteiger partial charge in [0.2, 0.25) is 0 Å².